The van der Waals surface area contributed by atoms with E-state index in [1.165, 1.54) is 6.07 Å². The van der Waals surface area contributed by atoms with Crippen molar-refractivity contribution in [2.45, 2.75) is 26.8 Å². The van der Waals surface area contributed by atoms with Crippen molar-refractivity contribution in [2.24, 2.45) is 5.92 Å². The standard InChI is InChI=1S/C14H18F2N2OS/c1-9(2)3-5-19-6-4-18-12-8-10(15)7-11(16)13(12)17-14(18)20/h7-9H,3-6H2,1-2H3,(H,17,20). The van der Waals surface area contributed by atoms with E-state index in [1.807, 2.05) is 0 Å². The van der Waals surface area contributed by atoms with Crippen LogP contribution in [0.2, 0.25) is 0 Å². The van der Waals surface area contributed by atoms with E-state index in [4.69, 9.17) is 17.0 Å². The summed E-state index contributed by atoms with van der Waals surface area (Å²) in [7, 11) is 0. The minimum Gasteiger partial charge on any atom is -0.380 e. The van der Waals surface area contributed by atoms with Crippen molar-refractivity contribution >= 4 is 23.3 Å². The van der Waals surface area contributed by atoms with Crippen molar-refractivity contribution in [3.63, 3.8) is 0 Å². The lowest BCUT2D eigenvalue weighted by atomic mass is 10.1. The normalized spacial score (nSPS) is 11.7. The number of aromatic nitrogens is 2. The highest BCUT2D eigenvalue weighted by molar-refractivity contribution is 7.71. The van der Waals surface area contributed by atoms with Gasteiger partial charge in [-0.1, -0.05) is 13.8 Å². The number of imidazole rings is 1. The van der Waals surface area contributed by atoms with E-state index in [0.29, 0.717) is 36.0 Å². The Morgan fingerprint density at radius 1 is 1.30 bits per heavy atom. The van der Waals surface area contributed by atoms with Crippen LogP contribution in [0, 0.1) is 22.3 Å². The van der Waals surface area contributed by atoms with Crippen LogP contribution in [0.3, 0.4) is 0 Å². The maximum atomic E-state index is 13.6. The van der Waals surface area contributed by atoms with Crippen LogP contribution in [-0.4, -0.2) is 22.8 Å². The number of halogens is 2. The Kier molecular flexibility index (Phi) is 4.88. The number of hydrogen-bond acceptors (Lipinski definition) is 2. The van der Waals surface area contributed by atoms with Crippen molar-refractivity contribution < 1.29 is 13.5 Å². The highest BCUT2D eigenvalue weighted by atomic mass is 32.1. The molecule has 0 bridgehead atoms. The minimum absolute atomic E-state index is 0.235. The third-order valence-corrected chi connectivity index (χ3v) is 3.42. The molecule has 2 aromatic rings. The summed E-state index contributed by atoms with van der Waals surface area (Å²) in [5.41, 5.74) is 0.665. The molecule has 0 aliphatic carbocycles. The lowest BCUT2D eigenvalue weighted by Gasteiger charge is -2.08. The molecule has 1 aromatic carbocycles. The van der Waals surface area contributed by atoms with Crippen LogP contribution in [0.25, 0.3) is 11.0 Å². The van der Waals surface area contributed by atoms with Crippen molar-refractivity contribution in [3.05, 3.63) is 28.5 Å². The Bertz CT molecular complexity index is 648. The first kappa shape index (κ1) is 15.1. The zero-order chi connectivity index (χ0) is 14.7. The maximum absolute atomic E-state index is 13.6. The molecule has 0 saturated heterocycles. The van der Waals surface area contributed by atoms with Crippen LogP contribution < -0.4 is 0 Å². The molecule has 0 amide bonds. The summed E-state index contributed by atoms with van der Waals surface area (Å²) in [5, 5.41) is 0. The largest absolute Gasteiger partial charge is 0.380 e. The topological polar surface area (TPSA) is 29.9 Å². The summed E-state index contributed by atoms with van der Waals surface area (Å²) in [6.07, 6.45) is 0.989. The average molecular weight is 300 g/mol. The van der Waals surface area contributed by atoms with Gasteiger partial charge in [0.25, 0.3) is 0 Å². The maximum Gasteiger partial charge on any atom is 0.178 e. The predicted octanol–water partition coefficient (Wildman–Crippen LogP) is 4.04. The summed E-state index contributed by atoms with van der Waals surface area (Å²) in [5.74, 6) is -0.655. The lowest BCUT2D eigenvalue weighted by Crippen LogP contribution is -2.08. The number of H-pyrrole nitrogens is 1. The highest BCUT2D eigenvalue weighted by Gasteiger charge is 2.10. The van der Waals surface area contributed by atoms with E-state index in [2.05, 4.69) is 18.8 Å². The fraction of sp³-hybridized carbons (Fsp3) is 0.500. The molecule has 0 atom stereocenters. The molecule has 1 heterocycles. The van der Waals surface area contributed by atoms with Gasteiger partial charge in [-0.2, -0.15) is 0 Å². The summed E-state index contributed by atoms with van der Waals surface area (Å²) in [4.78, 5) is 2.76. The zero-order valence-corrected chi connectivity index (χ0v) is 12.4. The van der Waals surface area contributed by atoms with E-state index in [-0.39, 0.29) is 5.52 Å². The molecular weight excluding hydrogens is 282 g/mol. The third kappa shape index (κ3) is 3.43. The molecule has 1 aromatic heterocycles. The molecule has 0 saturated carbocycles. The molecule has 0 spiro atoms. The Hall–Kier alpha value is -1.27. The second-order valence-electron chi connectivity index (χ2n) is 5.16. The highest BCUT2D eigenvalue weighted by Crippen LogP contribution is 2.19. The predicted molar refractivity (Wildman–Crippen MR) is 77.3 cm³/mol. The van der Waals surface area contributed by atoms with Gasteiger partial charge in [0.15, 0.2) is 10.6 Å². The number of aromatic amines is 1. The first-order valence-electron chi connectivity index (χ1n) is 6.64. The first-order chi connectivity index (χ1) is 9.49. The van der Waals surface area contributed by atoms with Gasteiger partial charge in [0.1, 0.15) is 11.3 Å². The van der Waals surface area contributed by atoms with Gasteiger partial charge >= 0.3 is 0 Å². The summed E-state index contributed by atoms with van der Waals surface area (Å²) < 4.78 is 34.4. The van der Waals surface area contributed by atoms with Gasteiger partial charge in [-0.3, -0.25) is 0 Å². The fourth-order valence-electron chi connectivity index (χ4n) is 1.98. The molecule has 6 heteroatoms. The van der Waals surface area contributed by atoms with E-state index < -0.39 is 11.6 Å². The molecule has 0 aliphatic heterocycles. The summed E-state index contributed by atoms with van der Waals surface area (Å²) in [6, 6.07) is 2.12. The SMILES string of the molecule is CC(C)CCOCCn1c(=S)[nH]c2c(F)cc(F)cc21. The van der Waals surface area contributed by atoms with E-state index in [9.17, 15) is 8.78 Å². The second-order valence-corrected chi connectivity index (χ2v) is 5.55. The van der Waals surface area contributed by atoms with Crippen LogP contribution in [0.15, 0.2) is 12.1 Å². The van der Waals surface area contributed by atoms with E-state index in [0.717, 1.165) is 12.5 Å². The molecule has 20 heavy (non-hydrogen) atoms. The van der Waals surface area contributed by atoms with Crippen LogP contribution in [0.4, 0.5) is 8.78 Å². The zero-order valence-electron chi connectivity index (χ0n) is 11.6. The number of ether oxygens (including phenoxy) is 1. The van der Waals surface area contributed by atoms with Crippen LogP contribution >= 0.6 is 12.2 Å². The smallest absolute Gasteiger partial charge is 0.178 e. The number of nitrogens with zero attached hydrogens (tertiary/aromatic N) is 1. The quantitative estimate of drug-likeness (QED) is 0.644. The van der Waals surface area contributed by atoms with Crippen molar-refractivity contribution in [2.75, 3.05) is 13.2 Å². The number of benzene rings is 1. The van der Waals surface area contributed by atoms with Gasteiger partial charge in [0.2, 0.25) is 0 Å². The summed E-state index contributed by atoms with van der Waals surface area (Å²) >= 11 is 5.14. The van der Waals surface area contributed by atoms with Crippen LogP contribution in [0.1, 0.15) is 20.3 Å². The van der Waals surface area contributed by atoms with Crippen molar-refractivity contribution in [1.82, 2.24) is 9.55 Å². The molecular formula is C14H18F2N2OS. The number of fused-ring (bicyclic) bond motifs is 1. The third-order valence-electron chi connectivity index (χ3n) is 3.10. The van der Waals surface area contributed by atoms with Gasteiger partial charge in [-0.25, -0.2) is 8.78 Å². The molecule has 110 valence electrons. The van der Waals surface area contributed by atoms with Crippen LogP contribution in [0.5, 0.6) is 0 Å². The minimum atomic E-state index is -0.634. The van der Waals surface area contributed by atoms with E-state index >= 15 is 0 Å². The average Bonchev–Trinajstić information content (AvgIpc) is 2.66. The Labute approximate surface area is 121 Å². The lowest BCUT2D eigenvalue weighted by molar-refractivity contribution is 0.116. The van der Waals surface area contributed by atoms with Crippen molar-refractivity contribution in [1.29, 1.82) is 0 Å². The van der Waals surface area contributed by atoms with Crippen molar-refractivity contribution in [3.8, 4) is 0 Å². The molecule has 0 fully saturated rings. The molecule has 0 unspecified atom stereocenters. The Morgan fingerprint density at radius 3 is 2.75 bits per heavy atom. The molecule has 3 nitrogen and oxygen atoms in total. The van der Waals surface area contributed by atoms with Gasteiger partial charge in [-0.05, 0) is 30.6 Å². The first-order valence-corrected chi connectivity index (χ1v) is 7.05. The second kappa shape index (κ2) is 6.45. The van der Waals surface area contributed by atoms with E-state index in [1.54, 1.807) is 4.57 Å². The van der Waals surface area contributed by atoms with Gasteiger partial charge in [0, 0.05) is 19.2 Å². The Morgan fingerprint density at radius 2 is 2.05 bits per heavy atom. The number of hydrogen-bond donors (Lipinski definition) is 1. The monoisotopic (exact) mass is 300 g/mol. The Balaban J connectivity index is 2.10. The van der Waals surface area contributed by atoms with Gasteiger partial charge in [-0.15, -0.1) is 0 Å². The fourth-order valence-corrected chi connectivity index (χ4v) is 2.27. The summed E-state index contributed by atoms with van der Waals surface area (Å²) in [6.45, 7) is 5.87. The molecule has 1 N–H and O–H groups in total. The molecule has 2 rings (SSSR count). The molecule has 0 aliphatic rings. The number of rotatable bonds is 6. The van der Waals surface area contributed by atoms with Crippen LogP contribution in [-0.2, 0) is 11.3 Å². The number of nitrogens with one attached hydrogen (secondary N) is 1. The molecule has 0 radical (unpaired) electrons. The van der Waals surface area contributed by atoms with Gasteiger partial charge < -0.3 is 14.3 Å². The van der Waals surface area contributed by atoms with Gasteiger partial charge in [0.05, 0.1) is 12.1 Å².